The Labute approximate surface area is 114 Å². The molecule has 0 saturated heterocycles. The van der Waals surface area contributed by atoms with Crippen molar-refractivity contribution in [2.24, 2.45) is 0 Å². The predicted octanol–water partition coefficient (Wildman–Crippen LogP) is 0.647. The highest BCUT2D eigenvalue weighted by Crippen LogP contribution is 2.12. The fourth-order valence-electron chi connectivity index (χ4n) is 1.97. The third-order valence-electron chi connectivity index (χ3n) is 3.16. The molecule has 1 amide bonds. The quantitative estimate of drug-likeness (QED) is 0.728. The van der Waals surface area contributed by atoms with Crippen molar-refractivity contribution in [2.45, 2.75) is 19.9 Å². The lowest BCUT2D eigenvalue weighted by Crippen LogP contribution is -2.28. The Morgan fingerprint density at radius 2 is 2.25 bits per heavy atom. The summed E-state index contributed by atoms with van der Waals surface area (Å²) < 4.78 is 1.54. The van der Waals surface area contributed by atoms with E-state index in [0.29, 0.717) is 17.0 Å². The van der Waals surface area contributed by atoms with E-state index < -0.39 is 0 Å². The van der Waals surface area contributed by atoms with Crippen LogP contribution in [0.15, 0.2) is 24.9 Å². The van der Waals surface area contributed by atoms with Crippen molar-refractivity contribution in [3.05, 3.63) is 41.7 Å². The minimum absolute atomic E-state index is 0.146. The van der Waals surface area contributed by atoms with E-state index in [4.69, 9.17) is 0 Å². The topological polar surface area (TPSA) is 101 Å². The summed E-state index contributed by atoms with van der Waals surface area (Å²) >= 11 is 0. The molecule has 0 aromatic carbocycles. The fraction of sp³-hybridized carbons (Fsp3) is 0.250. The number of amides is 1. The zero-order valence-corrected chi connectivity index (χ0v) is 11.0. The second kappa shape index (κ2) is 4.72. The van der Waals surface area contributed by atoms with Crippen molar-refractivity contribution in [1.82, 2.24) is 35.1 Å². The molecule has 0 fully saturated rings. The number of H-pyrrole nitrogens is 1. The molecule has 0 bridgehead atoms. The van der Waals surface area contributed by atoms with Gasteiger partial charge in [-0.1, -0.05) is 0 Å². The Hall–Kier alpha value is -2.77. The minimum Gasteiger partial charge on any atom is -0.345 e. The molecule has 0 aliphatic heterocycles. The summed E-state index contributed by atoms with van der Waals surface area (Å²) in [5, 5.41) is 13.5. The molecule has 1 unspecified atom stereocenters. The Balaban J connectivity index is 1.87. The SMILES string of the molecule is Cc1c(C(=O)NC(C)c2cn[nH]c2)cnc2ncnn12. The van der Waals surface area contributed by atoms with E-state index in [1.54, 1.807) is 19.3 Å². The number of carbonyl (C=O) groups excluding carboxylic acids is 1. The number of nitrogens with one attached hydrogen (secondary N) is 2. The molecule has 3 rings (SSSR count). The van der Waals surface area contributed by atoms with Crippen molar-refractivity contribution >= 4 is 11.7 Å². The number of fused-ring (bicyclic) bond motifs is 1. The van der Waals surface area contributed by atoms with Gasteiger partial charge in [-0.2, -0.15) is 15.2 Å². The molecule has 0 saturated carbocycles. The van der Waals surface area contributed by atoms with Crippen LogP contribution < -0.4 is 5.32 Å². The monoisotopic (exact) mass is 271 g/mol. The van der Waals surface area contributed by atoms with E-state index in [0.717, 1.165) is 5.56 Å². The van der Waals surface area contributed by atoms with Crippen LogP contribution in [-0.2, 0) is 0 Å². The van der Waals surface area contributed by atoms with Crippen molar-refractivity contribution < 1.29 is 4.79 Å². The van der Waals surface area contributed by atoms with Crippen LogP contribution in [0.2, 0.25) is 0 Å². The number of hydrogen-bond donors (Lipinski definition) is 2. The molecule has 2 N–H and O–H groups in total. The molecule has 0 radical (unpaired) electrons. The Kier molecular flexibility index (Phi) is 2.90. The van der Waals surface area contributed by atoms with Gasteiger partial charge in [0.25, 0.3) is 11.7 Å². The highest BCUT2D eigenvalue weighted by molar-refractivity contribution is 5.95. The summed E-state index contributed by atoms with van der Waals surface area (Å²) in [6.07, 6.45) is 6.34. The lowest BCUT2D eigenvalue weighted by atomic mass is 10.1. The Bertz CT molecular complexity index is 746. The molecular formula is C12H13N7O. The van der Waals surface area contributed by atoms with Gasteiger partial charge < -0.3 is 5.32 Å². The van der Waals surface area contributed by atoms with E-state index in [9.17, 15) is 4.79 Å². The van der Waals surface area contributed by atoms with E-state index in [2.05, 4.69) is 30.6 Å². The van der Waals surface area contributed by atoms with Gasteiger partial charge in [0, 0.05) is 18.0 Å². The first kappa shape index (κ1) is 12.3. The van der Waals surface area contributed by atoms with Gasteiger partial charge in [-0.25, -0.2) is 9.50 Å². The van der Waals surface area contributed by atoms with Crippen LogP contribution >= 0.6 is 0 Å². The van der Waals surface area contributed by atoms with Crippen molar-refractivity contribution in [3.63, 3.8) is 0 Å². The van der Waals surface area contributed by atoms with Gasteiger partial charge in [-0.05, 0) is 13.8 Å². The molecule has 3 aromatic heterocycles. The van der Waals surface area contributed by atoms with Gasteiger partial charge in [0.1, 0.15) is 6.33 Å². The molecule has 3 aromatic rings. The summed E-state index contributed by atoms with van der Waals surface area (Å²) in [6, 6.07) is -0.146. The maximum Gasteiger partial charge on any atom is 0.255 e. The molecule has 0 spiro atoms. The molecule has 1 atom stereocenters. The van der Waals surface area contributed by atoms with Gasteiger partial charge in [0.15, 0.2) is 0 Å². The van der Waals surface area contributed by atoms with Gasteiger partial charge in [0.2, 0.25) is 0 Å². The Morgan fingerprint density at radius 1 is 1.40 bits per heavy atom. The summed E-state index contributed by atoms with van der Waals surface area (Å²) in [5.41, 5.74) is 2.08. The van der Waals surface area contributed by atoms with Crippen LogP contribution in [0.4, 0.5) is 0 Å². The van der Waals surface area contributed by atoms with E-state index in [-0.39, 0.29) is 11.9 Å². The van der Waals surface area contributed by atoms with E-state index >= 15 is 0 Å². The third-order valence-corrected chi connectivity index (χ3v) is 3.16. The second-order valence-corrected chi connectivity index (χ2v) is 4.46. The zero-order chi connectivity index (χ0) is 14.1. The zero-order valence-electron chi connectivity index (χ0n) is 11.0. The van der Waals surface area contributed by atoms with Crippen molar-refractivity contribution in [1.29, 1.82) is 0 Å². The van der Waals surface area contributed by atoms with Gasteiger partial charge in [-0.15, -0.1) is 0 Å². The second-order valence-electron chi connectivity index (χ2n) is 4.46. The number of hydrogen-bond acceptors (Lipinski definition) is 5. The standard InChI is InChI=1S/C12H13N7O/c1-7(9-3-15-16-4-9)18-11(20)10-5-13-12-14-6-17-19(12)8(10)2/h3-7H,1-2H3,(H,15,16)(H,18,20). The molecule has 0 aliphatic rings. The largest absolute Gasteiger partial charge is 0.345 e. The molecule has 0 aliphatic carbocycles. The fourth-order valence-corrected chi connectivity index (χ4v) is 1.97. The summed E-state index contributed by atoms with van der Waals surface area (Å²) in [5.74, 6) is 0.267. The van der Waals surface area contributed by atoms with Crippen molar-refractivity contribution in [2.75, 3.05) is 0 Å². The van der Waals surface area contributed by atoms with Crippen LogP contribution in [0.25, 0.3) is 5.78 Å². The lowest BCUT2D eigenvalue weighted by molar-refractivity contribution is 0.0938. The third kappa shape index (κ3) is 2.00. The first-order valence-corrected chi connectivity index (χ1v) is 6.11. The summed E-state index contributed by atoms with van der Waals surface area (Å²) in [7, 11) is 0. The van der Waals surface area contributed by atoms with Gasteiger partial charge in [-0.3, -0.25) is 9.89 Å². The maximum atomic E-state index is 12.3. The smallest absolute Gasteiger partial charge is 0.255 e. The van der Waals surface area contributed by atoms with Crippen LogP contribution in [0.5, 0.6) is 0 Å². The maximum absolute atomic E-state index is 12.3. The normalized spacial score (nSPS) is 12.5. The number of carbonyl (C=O) groups is 1. The van der Waals surface area contributed by atoms with Crippen LogP contribution in [0, 0.1) is 6.92 Å². The highest BCUT2D eigenvalue weighted by atomic mass is 16.1. The average Bonchev–Trinajstić information content (AvgIpc) is 3.10. The van der Waals surface area contributed by atoms with Crippen LogP contribution in [0.3, 0.4) is 0 Å². The van der Waals surface area contributed by atoms with Crippen LogP contribution in [-0.4, -0.2) is 35.7 Å². The molecule has 20 heavy (non-hydrogen) atoms. The number of aromatic amines is 1. The summed E-state index contributed by atoms with van der Waals surface area (Å²) in [4.78, 5) is 20.4. The number of aryl methyl sites for hydroxylation is 1. The molecule has 8 heteroatoms. The number of nitrogens with zero attached hydrogens (tertiary/aromatic N) is 5. The molecule has 3 heterocycles. The minimum atomic E-state index is -0.207. The lowest BCUT2D eigenvalue weighted by Gasteiger charge is -2.13. The Morgan fingerprint density at radius 3 is 3.00 bits per heavy atom. The highest BCUT2D eigenvalue weighted by Gasteiger charge is 2.16. The summed E-state index contributed by atoms with van der Waals surface area (Å²) in [6.45, 7) is 3.69. The van der Waals surface area contributed by atoms with Crippen molar-refractivity contribution in [3.8, 4) is 0 Å². The number of aromatic nitrogens is 6. The van der Waals surface area contributed by atoms with Crippen LogP contribution in [0.1, 0.15) is 34.6 Å². The molecular weight excluding hydrogens is 258 g/mol. The predicted molar refractivity (Wildman–Crippen MR) is 70.0 cm³/mol. The molecule has 8 nitrogen and oxygen atoms in total. The average molecular weight is 271 g/mol. The number of rotatable bonds is 3. The van der Waals surface area contributed by atoms with Gasteiger partial charge in [0.05, 0.1) is 23.5 Å². The first-order valence-electron chi connectivity index (χ1n) is 6.11. The van der Waals surface area contributed by atoms with E-state index in [1.807, 2.05) is 6.92 Å². The van der Waals surface area contributed by atoms with Gasteiger partial charge >= 0.3 is 0 Å². The first-order chi connectivity index (χ1) is 9.66. The molecule has 102 valence electrons. The van der Waals surface area contributed by atoms with E-state index in [1.165, 1.54) is 17.0 Å².